The van der Waals surface area contributed by atoms with E-state index in [1.54, 1.807) is 0 Å². The molecule has 0 unspecified atom stereocenters. The van der Waals surface area contributed by atoms with Gasteiger partial charge in [-0.1, -0.05) is 0 Å². The van der Waals surface area contributed by atoms with Gasteiger partial charge in [0.25, 0.3) is 11.8 Å². The number of fused-ring (bicyclic) bond motifs is 2. The molecule has 14 nitrogen and oxygen atoms in total. The lowest BCUT2D eigenvalue weighted by atomic mass is 9.78. The van der Waals surface area contributed by atoms with Crippen LogP contribution in [0.5, 0.6) is 0 Å². The first kappa shape index (κ1) is 30.1. The van der Waals surface area contributed by atoms with Gasteiger partial charge in [0.15, 0.2) is 0 Å². The van der Waals surface area contributed by atoms with E-state index in [9.17, 15) is 47.9 Å². The largest absolute Gasteiger partial charge is 0.491 e. The third-order valence-corrected chi connectivity index (χ3v) is 7.47. The van der Waals surface area contributed by atoms with Gasteiger partial charge in [0.2, 0.25) is 5.91 Å². The Balaban J connectivity index is 1.41. The molecule has 1 saturated heterocycles. The third-order valence-electron chi connectivity index (χ3n) is 7.47. The van der Waals surface area contributed by atoms with E-state index in [0.29, 0.717) is 0 Å². The number of carbonyl (C=O) groups is 5. The summed E-state index contributed by atoms with van der Waals surface area (Å²) in [7, 11) is -2.93. The first-order valence-corrected chi connectivity index (χ1v) is 12.9. The van der Waals surface area contributed by atoms with Crippen LogP contribution >= 0.6 is 0 Å². The van der Waals surface area contributed by atoms with Gasteiger partial charge in [0.05, 0.1) is 19.6 Å². The number of likely N-dealkylation sites (tertiary alicyclic amines) is 1. The van der Waals surface area contributed by atoms with Crippen molar-refractivity contribution in [2.24, 2.45) is 0 Å². The van der Waals surface area contributed by atoms with Crippen LogP contribution in [0.15, 0.2) is 24.3 Å². The molecular weight excluding hydrogens is 578 g/mol. The van der Waals surface area contributed by atoms with Crippen LogP contribution in [0.25, 0.3) is 0 Å². The summed E-state index contributed by atoms with van der Waals surface area (Å²) in [5, 5.41) is 43.0. The summed E-state index contributed by atoms with van der Waals surface area (Å²) in [4.78, 5) is 63.4. The highest BCUT2D eigenvalue weighted by atomic mass is 19.1. The number of amides is 3. The van der Waals surface area contributed by atoms with Crippen LogP contribution in [0.3, 0.4) is 0 Å². The van der Waals surface area contributed by atoms with Crippen LogP contribution in [0, 0.1) is 11.6 Å². The molecule has 1 fully saturated rings. The second-order valence-electron chi connectivity index (χ2n) is 10.3. The Kier molecular flexibility index (Phi) is 8.20. The van der Waals surface area contributed by atoms with E-state index >= 15 is 0 Å². The number of carbonyl (C=O) groups excluding carboxylic acids is 3. The van der Waals surface area contributed by atoms with Crippen molar-refractivity contribution in [3.63, 3.8) is 0 Å². The predicted octanol–water partition coefficient (Wildman–Crippen LogP) is -2.54. The summed E-state index contributed by atoms with van der Waals surface area (Å²) in [6.07, 6.45) is -1.24. The summed E-state index contributed by atoms with van der Waals surface area (Å²) in [6.45, 7) is -0.755. The standard InChI is InChI=1S/C25H23B2F2N3O11/c28-17-3-10(1-15-13(17)8-42-26(15)40)22(35)30-12-5-20(23(36)31-19(25(38)39)6-21(33)34)32(7-12)24(37)11-2-16-14(18(29)4-11)9-43-27(16)41/h1-4,12,19-20,40-41H,5-9H2,(H,30,35)(H,31,36)(H,33,34)(H,38,39)/t12-,19+,20+/m1/s1. The molecule has 3 aliphatic heterocycles. The molecule has 6 N–H and O–H groups in total. The van der Waals surface area contributed by atoms with Gasteiger partial charge in [-0.2, -0.15) is 0 Å². The highest BCUT2D eigenvalue weighted by Gasteiger charge is 2.43. The number of benzene rings is 2. The lowest BCUT2D eigenvalue weighted by Gasteiger charge is -2.25. The minimum Gasteiger partial charge on any atom is -0.481 e. The van der Waals surface area contributed by atoms with Crippen LogP contribution in [-0.4, -0.2) is 93.7 Å². The minimum atomic E-state index is -1.84. The van der Waals surface area contributed by atoms with Crippen molar-refractivity contribution in [3.8, 4) is 0 Å². The molecule has 2 aromatic carbocycles. The fraction of sp³-hybridized carbons (Fsp3) is 0.320. The molecule has 3 atom stereocenters. The van der Waals surface area contributed by atoms with Crippen LogP contribution in [0.2, 0.25) is 0 Å². The highest BCUT2D eigenvalue weighted by molar-refractivity contribution is 6.62. The number of rotatable bonds is 8. The highest BCUT2D eigenvalue weighted by Crippen LogP contribution is 2.24. The SMILES string of the molecule is O=C(O)C[C@H](NC(=O)[C@@H]1C[C@@H](NC(=O)c2cc(F)c3c(c2)B(O)OC3)CN1C(=O)c1cc(F)c2c(c1)B(O)OC2)C(=O)O. The molecule has 3 aliphatic rings. The summed E-state index contributed by atoms with van der Waals surface area (Å²) in [6, 6.07) is -0.0138. The summed E-state index contributed by atoms with van der Waals surface area (Å²) in [5.74, 6) is -7.57. The monoisotopic (exact) mass is 601 g/mol. The van der Waals surface area contributed by atoms with Gasteiger partial charge in [-0.25, -0.2) is 13.6 Å². The average Bonchev–Trinajstić information content (AvgIpc) is 3.65. The molecule has 18 heteroatoms. The van der Waals surface area contributed by atoms with Gasteiger partial charge in [-0.15, -0.1) is 0 Å². The topological polar surface area (TPSA) is 212 Å². The van der Waals surface area contributed by atoms with E-state index in [1.165, 1.54) is 12.1 Å². The number of carboxylic acids is 2. The molecular formula is C25H23B2F2N3O11. The quantitative estimate of drug-likeness (QED) is 0.174. The van der Waals surface area contributed by atoms with Gasteiger partial charge in [-0.05, 0) is 41.6 Å². The Bertz CT molecular complexity index is 1540. The van der Waals surface area contributed by atoms with E-state index in [2.05, 4.69) is 10.6 Å². The third kappa shape index (κ3) is 5.94. The zero-order valence-electron chi connectivity index (χ0n) is 22.1. The van der Waals surface area contributed by atoms with E-state index in [1.807, 2.05) is 0 Å². The molecule has 2 aromatic rings. The van der Waals surface area contributed by atoms with Gasteiger partial charge in [0.1, 0.15) is 23.7 Å². The molecule has 0 spiro atoms. The zero-order chi connectivity index (χ0) is 31.2. The zero-order valence-corrected chi connectivity index (χ0v) is 22.1. The lowest BCUT2D eigenvalue weighted by molar-refractivity contribution is -0.147. The van der Waals surface area contributed by atoms with Crippen LogP contribution < -0.4 is 21.6 Å². The number of halogens is 2. The maximum atomic E-state index is 14.7. The number of hydrogen-bond acceptors (Lipinski definition) is 9. The second-order valence-corrected chi connectivity index (χ2v) is 10.3. The molecule has 43 heavy (non-hydrogen) atoms. The van der Waals surface area contributed by atoms with Crippen molar-refractivity contribution in [2.75, 3.05) is 6.54 Å². The Labute approximate surface area is 241 Å². The predicted molar refractivity (Wildman–Crippen MR) is 140 cm³/mol. The maximum Gasteiger partial charge on any atom is 0.491 e. The Morgan fingerprint density at radius 2 is 1.49 bits per heavy atom. The normalized spacial score (nSPS) is 19.6. The number of hydrogen-bond donors (Lipinski definition) is 6. The maximum absolute atomic E-state index is 14.7. The van der Waals surface area contributed by atoms with Gasteiger partial charge in [-0.3, -0.25) is 19.2 Å². The number of aliphatic carboxylic acids is 2. The molecule has 3 heterocycles. The molecule has 0 radical (unpaired) electrons. The van der Waals surface area contributed by atoms with Crippen molar-refractivity contribution in [2.45, 2.75) is 44.2 Å². The first-order chi connectivity index (χ1) is 20.3. The Morgan fingerprint density at radius 1 is 0.930 bits per heavy atom. The smallest absolute Gasteiger partial charge is 0.481 e. The fourth-order valence-corrected chi connectivity index (χ4v) is 5.31. The number of nitrogens with zero attached hydrogens (tertiary/aromatic N) is 1. The van der Waals surface area contributed by atoms with Crippen molar-refractivity contribution < 1.29 is 62.3 Å². The van der Waals surface area contributed by atoms with Crippen molar-refractivity contribution in [1.82, 2.24) is 15.5 Å². The van der Waals surface area contributed by atoms with Crippen LogP contribution in [0.1, 0.15) is 44.7 Å². The number of carboxylic acid groups (broad SMARTS) is 2. The van der Waals surface area contributed by atoms with E-state index in [-0.39, 0.29) is 59.4 Å². The van der Waals surface area contributed by atoms with Gasteiger partial charge < -0.3 is 45.1 Å². The summed E-state index contributed by atoms with van der Waals surface area (Å²) in [5.41, 5.74) is -0.266. The molecule has 5 rings (SSSR count). The van der Waals surface area contributed by atoms with E-state index < -0.39 is 80.1 Å². The second kappa shape index (κ2) is 11.7. The van der Waals surface area contributed by atoms with Crippen molar-refractivity contribution >= 4 is 54.8 Å². The molecule has 0 bridgehead atoms. The van der Waals surface area contributed by atoms with Crippen molar-refractivity contribution in [1.29, 1.82) is 0 Å². The molecule has 3 amide bonds. The molecule has 224 valence electrons. The van der Waals surface area contributed by atoms with E-state index in [4.69, 9.17) is 14.4 Å². The summed E-state index contributed by atoms with van der Waals surface area (Å²) >= 11 is 0. The van der Waals surface area contributed by atoms with Crippen molar-refractivity contribution in [3.05, 3.63) is 58.2 Å². The fourth-order valence-electron chi connectivity index (χ4n) is 5.31. The molecule has 0 aliphatic carbocycles. The van der Waals surface area contributed by atoms with Crippen LogP contribution in [-0.2, 0) is 36.9 Å². The van der Waals surface area contributed by atoms with Gasteiger partial charge >= 0.3 is 26.2 Å². The Morgan fingerprint density at radius 3 is 2.05 bits per heavy atom. The molecule has 0 saturated carbocycles. The average molecular weight is 601 g/mol. The minimum absolute atomic E-state index is 0.00519. The Hall–Kier alpha value is -4.38. The van der Waals surface area contributed by atoms with E-state index in [0.717, 1.165) is 17.0 Å². The first-order valence-electron chi connectivity index (χ1n) is 12.9. The number of nitrogens with one attached hydrogen (secondary N) is 2. The van der Waals surface area contributed by atoms with Gasteiger partial charge in [0, 0.05) is 34.8 Å². The molecule has 0 aromatic heterocycles. The lowest BCUT2D eigenvalue weighted by Crippen LogP contribution is -2.51. The van der Waals surface area contributed by atoms with Crippen LogP contribution in [0.4, 0.5) is 8.78 Å². The summed E-state index contributed by atoms with van der Waals surface area (Å²) < 4.78 is 39.2.